The summed E-state index contributed by atoms with van der Waals surface area (Å²) < 4.78 is 0. The maximum atomic E-state index is 10.9. The molecule has 1 unspecified atom stereocenters. The molecule has 106 valence electrons. The molecule has 0 aliphatic carbocycles. The first-order valence-corrected chi connectivity index (χ1v) is 6.66. The fraction of sp³-hybridized carbons (Fsp3) is 0.125. The highest BCUT2D eigenvalue weighted by Crippen LogP contribution is 2.38. The maximum Gasteiger partial charge on any atom is 0.209 e. The SMILES string of the molecule is O=CNC1C(CO)=Nc2ccccc2N1c1ccccc1. The zero-order valence-corrected chi connectivity index (χ0v) is 11.3. The number of aliphatic imine (C=N–C) groups is 1. The molecule has 0 saturated heterocycles. The van der Waals surface area contributed by atoms with Gasteiger partial charge in [0.2, 0.25) is 6.41 Å². The van der Waals surface area contributed by atoms with Gasteiger partial charge < -0.3 is 15.3 Å². The van der Waals surface area contributed by atoms with E-state index in [9.17, 15) is 9.90 Å². The Morgan fingerprint density at radius 3 is 2.57 bits per heavy atom. The summed E-state index contributed by atoms with van der Waals surface area (Å²) in [6.45, 7) is -0.219. The number of nitrogens with one attached hydrogen (secondary N) is 1. The Labute approximate surface area is 122 Å². The summed E-state index contributed by atoms with van der Waals surface area (Å²) in [6, 6.07) is 17.4. The largest absolute Gasteiger partial charge is 0.390 e. The van der Waals surface area contributed by atoms with Crippen LogP contribution in [0.5, 0.6) is 0 Å². The Hall–Kier alpha value is -2.66. The molecule has 1 amide bonds. The molecule has 2 aromatic rings. The molecular formula is C16H15N3O2. The minimum absolute atomic E-state index is 0.219. The van der Waals surface area contributed by atoms with E-state index in [1.165, 1.54) is 0 Å². The quantitative estimate of drug-likeness (QED) is 0.842. The van der Waals surface area contributed by atoms with Crippen LogP contribution in [0.1, 0.15) is 0 Å². The van der Waals surface area contributed by atoms with E-state index in [1.807, 2.05) is 59.5 Å². The molecule has 1 aliphatic heterocycles. The minimum atomic E-state index is -0.496. The van der Waals surface area contributed by atoms with E-state index in [4.69, 9.17) is 0 Å². The number of para-hydroxylation sites is 3. The number of fused-ring (bicyclic) bond motifs is 1. The number of aliphatic hydroxyl groups excluding tert-OH is 1. The van der Waals surface area contributed by atoms with Gasteiger partial charge in [-0.25, -0.2) is 4.99 Å². The normalized spacial score (nSPS) is 16.9. The minimum Gasteiger partial charge on any atom is -0.390 e. The summed E-state index contributed by atoms with van der Waals surface area (Å²) in [5.41, 5.74) is 3.09. The highest BCUT2D eigenvalue weighted by Gasteiger charge is 2.30. The average Bonchev–Trinajstić information content (AvgIpc) is 2.55. The lowest BCUT2D eigenvalue weighted by molar-refractivity contribution is -0.109. The third kappa shape index (κ3) is 2.39. The summed E-state index contributed by atoms with van der Waals surface area (Å²) in [6.07, 6.45) is 0.129. The van der Waals surface area contributed by atoms with Crippen LogP contribution < -0.4 is 10.2 Å². The highest BCUT2D eigenvalue weighted by atomic mass is 16.3. The van der Waals surface area contributed by atoms with E-state index in [2.05, 4.69) is 10.3 Å². The summed E-state index contributed by atoms with van der Waals surface area (Å²) >= 11 is 0. The molecule has 5 nitrogen and oxygen atoms in total. The molecule has 2 N–H and O–H groups in total. The fourth-order valence-corrected chi connectivity index (χ4v) is 2.50. The van der Waals surface area contributed by atoms with Gasteiger partial charge in [0.1, 0.15) is 6.17 Å². The van der Waals surface area contributed by atoms with Crippen molar-refractivity contribution in [1.29, 1.82) is 0 Å². The molecule has 0 saturated carbocycles. The molecule has 2 aromatic carbocycles. The maximum absolute atomic E-state index is 10.9. The lowest BCUT2D eigenvalue weighted by Gasteiger charge is -2.37. The molecule has 0 fully saturated rings. The number of hydrogen-bond acceptors (Lipinski definition) is 4. The fourth-order valence-electron chi connectivity index (χ4n) is 2.50. The van der Waals surface area contributed by atoms with Crippen LogP contribution in [0.4, 0.5) is 17.1 Å². The van der Waals surface area contributed by atoms with Gasteiger partial charge >= 0.3 is 0 Å². The zero-order chi connectivity index (χ0) is 14.7. The topological polar surface area (TPSA) is 64.9 Å². The van der Waals surface area contributed by atoms with Crippen molar-refractivity contribution in [3.8, 4) is 0 Å². The molecule has 0 bridgehead atoms. The van der Waals surface area contributed by atoms with Crippen LogP contribution >= 0.6 is 0 Å². The third-order valence-corrected chi connectivity index (χ3v) is 3.40. The van der Waals surface area contributed by atoms with Gasteiger partial charge in [-0.3, -0.25) is 4.79 Å². The van der Waals surface area contributed by atoms with E-state index in [-0.39, 0.29) is 6.61 Å². The summed E-state index contributed by atoms with van der Waals surface area (Å²) in [5, 5.41) is 12.3. The number of rotatable bonds is 4. The summed E-state index contributed by atoms with van der Waals surface area (Å²) in [5.74, 6) is 0. The molecule has 1 aliphatic rings. The first-order chi connectivity index (χ1) is 10.3. The number of nitrogens with zero attached hydrogens (tertiary/aromatic N) is 2. The number of amides is 1. The van der Waals surface area contributed by atoms with Gasteiger partial charge in [0.05, 0.1) is 23.7 Å². The van der Waals surface area contributed by atoms with Crippen LogP contribution in [0.3, 0.4) is 0 Å². The lowest BCUT2D eigenvalue weighted by atomic mass is 10.1. The molecule has 5 heteroatoms. The Kier molecular flexibility index (Phi) is 3.66. The van der Waals surface area contributed by atoms with E-state index in [0.717, 1.165) is 17.1 Å². The number of carbonyl (C=O) groups is 1. The Bertz CT molecular complexity index is 670. The van der Waals surface area contributed by atoms with Gasteiger partial charge in [0, 0.05) is 5.69 Å². The van der Waals surface area contributed by atoms with Crippen LogP contribution in [-0.4, -0.2) is 30.0 Å². The first kappa shape index (κ1) is 13.3. The Morgan fingerprint density at radius 1 is 1.14 bits per heavy atom. The smallest absolute Gasteiger partial charge is 0.209 e. The van der Waals surface area contributed by atoms with E-state index < -0.39 is 6.17 Å². The van der Waals surface area contributed by atoms with Crippen LogP contribution in [-0.2, 0) is 4.79 Å². The van der Waals surface area contributed by atoms with E-state index >= 15 is 0 Å². The Morgan fingerprint density at radius 2 is 1.86 bits per heavy atom. The second-order valence-electron chi connectivity index (χ2n) is 4.64. The molecular weight excluding hydrogens is 266 g/mol. The number of anilines is 2. The van der Waals surface area contributed by atoms with Crippen molar-refractivity contribution < 1.29 is 9.90 Å². The number of aliphatic hydroxyl groups is 1. The van der Waals surface area contributed by atoms with Crippen molar-refractivity contribution in [2.75, 3.05) is 11.5 Å². The number of benzene rings is 2. The van der Waals surface area contributed by atoms with Crippen molar-refractivity contribution in [2.24, 2.45) is 4.99 Å². The van der Waals surface area contributed by atoms with Gasteiger partial charge in [-0.2, -0.15) is 0 Å². The van der Waals surface area contributed by atoms with Crippen LogP contribution in [0.15, 0.2) is 59.6 Å². The number of carbonyl (C=O) groups excluding carboxylic acids is 1. The predicted octanol–water partition coefficient (Wildman–Crippen LogP) is 1.98. The standard InChI is InChI=1S/C16H15N3O2/c20-10-14-16(17-11-21)19(12-6-2-1-3-7-12)15-9-5-4-8-13(15)18-14/h1-9,11,16,20H,10H2,(H,17,21). The first-order valence-electron chi connectivity index (χ1n) is 6.66. The predicted molar refractivity (Wildman–Crippen MR) is 82.2 cm³/mol. The van der Waals surface area contributed by atoms with Crippen LogP contribution in [0, 0.1) is 0 Å². The summed E-state index contributed by atoms with van der Waals surface area (Å²) in [4.78, 5) is 17.4. The summed E-state index contributed by atoms with van der Waals surface area (Å²) in [7, 11) is 0. The van der Waals surface area contributed by atoms with Gasteiger partial charge in [0.25, 0.3) is 0 Å². The molecule has 0 radical (unpaired) electrons. The second kappa shape index (κ2) is 5.76. The molecule has 0 aromatic heterocycles. The van der Waals surface area contributed by atoms with Crippen molar-refractivity contribution >= 4 is 29.2 Å². The van der Waals surface area contributed by atoms with Crippen molar-refractivity contribution in [3.63, 3.8) is 0 Å². The molecule has 1 heterocycles. The van der Waals surface area contributed by atoms with Crippen LogP contribution in [0.25, 0.3) is 0 Å². The van der Waals surface area contributed by atoms with Gasteiger partial charge in [-0.05, 0) is 24.3 Å². The molecule has 1 atom stereocenters. The van der Waals surface area contributed by atoms with Gasteiger partial charge in [0.15, 0.2) is 0 Å². The average molecular weight is 281 g/mol. The highest BCUT2D eigenvalue weighted by molar-refractivity contribution is 6.02. The molecule has 3 rings (SSSR count). The monoisotopic (exact) mass is 281 g/mol. The van der Waals surface area contributed by atoms with E-state index in [0.29, 0.717) is 12.1 Å². The van der Waals surface area contributed by atoms with Crippen molar-refractivity contribution in [2.45, 2.75) is 6.17 Å². The Balaban J connectivity index is 2.17. The molecule has 0 spiro atoms. The lowest BCUT2D eigenvalue weighted by Crippen LogP contribution is -2.51. The number of hydrogen-bond donors (Lipinski definition) is 2. The third-order valence-electron chi connectivity index (χ3n) is 3.40. The molecule has 21 heavy (non-hydrogen) atoms. The van der Waals surface area contributed by atoms with Gasteiger partial charge in [-0.1, -0.05) is 30.3 Å². The van der Waals surface area contributed by atoms with Crippen LogP contribution in [0.2, 0.25) is 0 Å². The van der Waals surface area contributed by atoms with Crippen molar-refractivity contribution in [1.82, 2.24) is 5.32 Å². The van der Waals surface area contributed by atoms with Crippen molar-refractivity contribution in [3.05, 3.63) is 54.6 Å². The zero-order valence-electron chi connectivity index (χ0n) is 11.3. The van der Waals surface area contributed by atoms with Gasteiger partial charge in [-0.15, -0.1) is 0 Å². The van der Waals surface area contributed by atoms with E-state index in [1.54, 1.807) is 0 Å². The second-order valence-corrected chi connectivity index (χ2v) is 4.64.